The van der Waals surface area contributed by atoms with E-state index >= 15 is 0 Å². The first-order valence-electron chi connectivity index (χ1n) is 14.4. The highest BCUT2D eigenvalue weighted by Crippen LogP contribution is 2.46. The molecular formula is C27H57NO7P+. The van der Waals surface area contributed by atoms with E-state index in [1.807, 2.05) is 21.1 Å². The lowest BCUT2D eigenvalue weighted by Gasteiger charge is -2.32. The molecule has 4 atom stereocenters. The van der Waals surface area contributed by atoms with Crippen LogP contribution in [-0.2, 0) is 27.8 Å². The molecule has 1 aliphatic heterocycles. The molecule has 0 spiro atoms. The van der Waals surface area contributed by atoms with Gasteiger partial charge in [0, 0.05) is 7.11 Å². The summed E-state index contributed by atoms with van der Waals surface area (Å²) in [6, 6.07) is 0. The van der Waals surface area contributed by atoms with Crippen LogP contribution in [0.15, 0.2) is 0 Å². The molecule has 1 heterocycles. The molecule has 0 aromatic carbocycles. The lowest BCUT2D eigenvalue weighted by atomic mass is 10.0. The maximum absolute atomic E-state index is 12.3. The molecule has 0 aliphatic carbocycles. The Bertz CT molecular complexity index is 565. The van der Waals surface area contributed by atoms with E-state index in [-0.39, 0.29) is 12.7 Å². The zero-order chi connectivity index (χ0) is 26.7. The van der Waals surface area contributed by atoms with Crippen LogP contribution in [0.5, 0.6) is 0 Å². The van der Waals surface area contributed by atoms with E-state index in [4.69, 9.17) is 23.3 Å². The Morgan fingerprint density at radius 2 is 1.33 bits per heavy atom. The van der Waals surface area contributed by atoms with Crippen LogP contribution in [0.4, 0.5) is 0 Å². The lowest BCUT2D eigenvalue weighted by molar-refractivity contribution is -0.876. The van der Waals surface area contributed by atoms with Gasteiger partial charge in [0.05, 0.1) is 40.5 Å². The second kappa shape index (κ2) is 19.9. The van der Waals surface area contributed by atoms with Crippen LogP contribution in [0.1, 0.15) is 110 Å². The van der Waals surface area contributed by atoms with Crippen LogP contribution < -0.4 is 0 Å². The van der Waals surface area contributed by atoms with Gasteiger partial charge in [0.1, 0.15) is 6.54 Å². The number of hydrogen-bond acceptors (Lipinski definition) is 6. The molecular weight excluding hydrogens is 481 g/mol. The predicted octanol–water partition coefficient (Wildman–Crippen LogP) is 6.80. The molecule has 0 radical (unpaired) electrons. The van der Waals surface area contributed by atoms with Gasteiger partial charge in [-0.3, -0.25) is 9.05 Å². The first-order valence-corrected chi connectivity index (χ1v) is 15.9. The zero-order valence-corrected chi connectivity index (χ0v) is 24.9. The summed E-state index contributed by atoms with van der Waals surface area (Å²) in [5, 5.41) is 0. The van der Waals surface area contributed by atoms with E-state index in [2.05, 4.69) is 6.92 Å². The Balaban J connectivity index is 1.99. The van der Waals surface area contributed by atoms with E-state index in [9.17, 15) is 9.46 Å². The van der Waals surface area contributed by atoms with E-state index in [1.165, 1.54) is 97.0 Å². The highest BCUT2D eigenvalue weighted by molar-refractivity contribution is 7.47. The summed E-state index contributed by atoms with van der Waals surface area (Å²) < 4.78 is 39.8. The van der Waals surface area contributed by atoms with Crippen LogP contribution in [-0.4, -0.2) is 76.1 Å². The number of likely N-dealkylation sites (N-methyl/N-ethyl adjacent to an activating group) is 1. The van der Waals surface area contributed by atoms with Gasteiger partial charge >= 0.3 is 7.82 Å². The summed E-state index contributed by atoms with van der Waals surface area (Å²) in [6.45, 7) is 3.14. The van der Waals surface area contributed by atoms with Crippen molar-refractivity contribution in [3.05, 3.63) is 0 Å². The summed E-state index contributed by atoms with van der Waals surface area (Å²) in [5.41, 5.74) is 0. The van der Waals surface area contributed by atoms with Crippen molar-refractivity contribution in [2.75, 3.05) is 48.0 Å². The van der Waals surface area contributed by atoms with Gasteiger partial charge in [-0.15, -0.1) is 0 Å². The van der Waals surface area contributed by atoms with Crippen LogP contribution >= 0.6 is 7.82 Å². The standard InChI is InChI=1S/C27H56NO7P/c1-6-7-8-9-10-11-12-13-14-15-16-17-18-19-20-21-25-23-33-27(24-32-25)35-36(29,30)34-26(31-5)22-28(2,3)4/h25-27H,6-24H2,1-5H3/p+1/t25-,26?,27-/m1/s1. The maximum Gasteiger partial charge on any atom is 0.477 e. The smallest absolute Gasteiger partial charge is 0.371 e. The van der Waals surface area contributed by atoms with Gasteiger partial charge in [-0.1, -0.05) is 103 Å². The summed E-state index contributed by atoms with van der Waals surface area (Å²) in [6.07, 6.45) is 19.4. The average molecular weight is 539 g/mol. The number of rotatable bonds is 23. The molecule has 9 heteroatoms. The van der Waals surface area contributed by atoms with Crippen LogP contribution in [0.2, 0.25) is 0 Å². The SMILES string of the molecule is CCCCCCCCCCCCCCCCC[C@@H]1CO[C@H](OP(=O)(O)OC(C[N+](C)(C)C)OC)CO1. The van der Waals surface area contributed by atoms with E-state index in [0.29, 0.717) is 17.6 Å². The van der Waals surface area contributed by atoms with Crippen molar-refractivity contribution >= 4 is 7.82 Å². The fourth-order valence-corrected chi connectivity index (χ4v) is 5.33. The molecule has 1 rings (SSSR count). The molecule has 1 aliphatic rings. The number of phosphoric ester groups is 1. The first kappa shape index (κ1) is 34.0. The lowest BCUT2D eigenvalue weighted by Crippen LogP contribution is -2.43. The molecule has 0 aromatic rings. The molecule has 1 saturated heterocycles. The summed E-state index contributed by atoms with van der Waals surface area (Å²) in [7, 11) is 2.92. The largest absolute Gasteiger partial charge is 0.477 e. The van der Waals surface area contributed by atoms with Gasteiger partial charge in [0.2, 0.25) is 6.29 Å². The molecule has 1 fully saturated rings. The van der Waals surface area contributed by atoms with Crippen LogP contribution in [0.25, 0.3) is 0 Å². The average Bonchev–Trinajstić information content (AvgIpc) is 2.81. The third-order valence-electron chi connectivity index (χ3n) is 6.53. The third kappa shape index (κ3) is 19.1. The van der Waals surface area contributed by atoms with Crippen molar-refractivity contribution in [2.24, 2.45) is 0 Å². The summed E-state index contributed by atoms with van der Waals surface area (Å²) in [4.78, 5) is 10.1. The highest BCUT2D eigenvalue weighted by Gasteiger charge is 2.35. The minimum Gasteiger partial charge on any atom is -0.371 e. The van der Waals surface area contributed by atoms with Gasteiger partial charge < -0.3 is 23.6 Å². The Morgan fingerprint density at radius 1 is 0.833 bits per heavy atom. The van der Waals surface area contributed by atoms with Gasteiger partial charge in [-0.25, -0.2) is 4.57 Å². The van der Waals surface area contributed by atoms with Crippen molar-refractivity contribution in [1.29, 1.82) is 0 Å². The van der Waals surface area contributed by atoms with Crippen LogP contribution in [0.3, 0.4) is 0 Å². The van der Waals surface area contributed by atoms with Crippen molar-refractivity contribution in [3.63, 3.8) is 0 Å². The monoisotopic (exact) mass is 538 g/mol. The number of quaternary nitrogens is 1. The van der Waals surface area contributed by atoms with Gasteiger partial charge in [0.25, 0.3) is 0 Å². The molecule has 0 aromatic heterocycles. The summed E-state index contributed by atoms with van der Waals surface area (Å²) in [5.74, 6) is 0. The maximum atomic E-state index is 12.3. The highest BCUT2D eigenvalue weighted by atomic mass is 31.2. The normalized spacial score (nSPS) is 21.4. The van der Waals surface area contributed by atoms with E-state index in [0.717, 1.165) is 12.8 Å². The number of phosphoric acid groups is 1. The van der Waals surface area contributed by atoms with Gasteiger partial charge in [-0.05, 0) is 6.42 Å². The Kier molecular flexibility index (Phi) is 18.8. The minimum absolute atomic E-state index is 0.00994. The molecule has 0 amide bonds. The molecule has 0 bridgehead atoms. The molecule has 1 N–H and O–H groups in total. The van der Waals surface area contributed by atoms with Crippen LogP contribution in [0, 0.1) is 0 Å². The number of methoxy groups -OCH3 is 1. The second-order valence-corrected chi connectivity index (χ2v) is 12.6. The van der Waals surface area contributed by atoms with E-state index in [1.54, 1.807) is 0 Å². The Labute approximate surface area is 221 Å². The molecule has 36 heavy (non-hydrogen) atoms. The topological polar surface area (TPSA) is 83.5 Å². The summed E-state index contributed by atoms with van der Waals surface area (Å²) >= 11 is 0. The van der Waals surface area contributed by atoms with Crippen molar-refractivity contribution < 1.29 is 37.2 Å². The quantitative estimate of drug-likeness (QED) is 0.0663. The minimum atomic E-state index is -4.33. The third-order valence-corrected chi connectivity index (χ3v) is 7.53. The molecule has 8 nitrogen and oxygen atoms in total. The number of nitrogens with zero attached hydrogens (tertiary/aromatic N) is 1. The van der Waals surface area contributed by atoms with Crippen molar-refractivity contribution in [2.45, 2.75) is 128 Å². The Hall–Kier alpha value is -0.0500. The first-order chi connectivity index (χ1) is 17.1. The Morgan fingerprint density at radius 3 is 1.75 bits per heavy atom. The molecule has 2 unspecified atom stereocenters. The number of hydrogen-bond donors (Lipinski definition) is 1. The fourth-order valence-electron chi connectivity index (χ4n) is 4.42. The van der Waals surface area contributed by atoms with Gasteiger partial charge in [0.15, 0.2) is 6.29 Å². The zero-order valence-electron chi connectivity index (χ0n) is 24.0. The second-order valence-electron chi connectivity index (χ2n) is 11.3. The predicted molar refractivity (Wildman–Crippen MR) is 145 cm³/mol. The van der Waals surface area contributed by atoms with Crippen molar-refractivity contribution in [1.82, 2.24) is 0 Å². The fraction of sp³-hybridized carbons (Fsp3) is 1.00. The number of ether oxygens (including phenoxy) is 3. The number of unbranched alkanes of at least 4 members (excludes halogenated alkanes) is 14. The van der Waals surface area contributed by atoms with E-state index < -0.39 is 20.4 Å². The van der Waals surface area contributed by atoms with Crippen molar-refractivity contribution in [3.8, 4) is 0 Å². The van der Waals surface area contributed by atoms with Gasteiger partial charge in [-0.2, -0.15) is 0 Å². The molecule has 0 saturated carbocycles. The molecule has 216 valence electrons.